The van der Waals surface area contributed by atoms with Gasteiger partial charge in [0, 0.05) is 13.2 Å². The molecule has 0 saturated carbocycles. The van der Waals surface area contributed by atoms with Gasteiger partial charge in [-0.2, -0.15) is 0 Å². The molecule has 18 heavy (non-hydrogen) atoms. The molecule has 0 aliphatic carbocycles. The zero-order valence-corrected chi connectivity index (χ0v) is 9.72. The van der Waals surface area contributed by atoms with E-state index in [9.17, 15) is 15.0 Å². The van der Waals surface area contributed by atoms with E-state index in [0.29, 0.717) is 0 Å². The Bertz CT molecular complexity index is 551. The first-order chi connectivity index (χ1) is 8.47. The van der Waals surface area contributed by atoms with Crippen LogP contribution in [0.3, 0.4) is 0 Å². The monoisotopic (exact) mass is 257 g/mol. The summed E-state index contributed by atoms with van der Waals surface area (Å²) in [4.78, 5) is 11.9. The maximum atomic E-state index is 11.9. The van der Waals surface area contributed by atoms with Crippen LogP contribution in [0.4, 0.5) is 0 Å². The maximum absolute atomic E-state index is 11.9. The number of ether oxygens (including phenoxy) is 1. The molecule has 4 N–H and O–H groups in total. The van der Waals surface area contributed by atoms with Crippen LogP contribution in [-0.2, 0) is 11.8 Å². The molecular weight excluding hydrogens is 242 g/mol. The Morgan fingerprint density at radius 2 is 2.11 bits per heavy atom. The van der Waals surface area contributed by atoms with Crippen molar-refractivity contribution < 1.29 is 20.1 Å². The van der Waals surface area contributed by atoms with Gasteiger partial charge in [0.15, 0.2) is 6.23 Å². The number of hydrogen-bond donors (Lipinski definition) is 4. The van der Waals surface area contributed by atoms with Crippen molar-refractivity contribution in [3.8, 4) is 0 Å². The van der Waals surface area contributed by atoms with Gasteiger partial charge in [-0.3, -0.25) is 14.5 Å². The molecule has 1 aliphatic rings. The molecule has 8 heteroatoms. The van der Waals surface area contributed by atoms with E-state index in [1.807, 2.05) is 0 Å². The molecule has 0 aromatic carbocycles. The van der Waals surface area contributed by atoms with Crippen molar-refractivity contribution in [2.45, 2.75) is 24.5 Å². The van der Waals surface area contributed by atoms with Gasteiger partial charge in [0.25, 0.3) is 0 Å². The van der Waals surface area contributed by atoms with Crippen LogP contribution in [0.15, 0.2) is 17.1 Å². The third-order valence-corrected chi connectivity index (χ3v) is 3.05. The summed E-state index contributed by atoms with van der Waals surface area (Å²) >= 11 is 0. The van der Waals surface area contributed by atoms with Gasteiger partial charge in [0.1, 0.15) is 23.8 Å². The lowest BCUT2D eigenvalue weighted by atomic mass is 10.1. The third kappa shape index (κ3) is 1.89. The zero-order valence-electron chi connectivity index (χ0n) is 9.72. The summed E-state index contributed by atoms with van der Waals surface area (Å²) in [6, 6.07) is 1.37. The number of nitrogens with one attached hydrogen (secondary N) is 1. The van der Waals surface area contributed by atoms with Gasteiger partial charge < -0.3 is 20.1 Å². The summed E-state index contributed by atoms with van der Waals surface area (Å²) in [5.41, 5.74) is -0.527. The molecule has 0 unspecified atom stereocenters. The van der Waals surface area contributed by atoms with Crippen LogP contribution < -0.4 is 11.2 Å². The summed E-state index contributed by atoms with van der Waals surface area (Å²) in [6.45, 7) is -0.452. The minimum atomic E-state index is -1.31. The number of aliphatic hydroxyl groups is 3. The first-order valence-corrected chi connectivity index (χ1v) is 5.42. The summed E-state index contributed by atoms with van der Waals surface area (Å²) in [6.07, 6.45) is -3.26. The summed E-state index contributed by atoms with van der Waals surface area (Å²) in [7, 11) is 1.42. The van der Waals surface area contributed by atoms with Crippen LogP contribution in [-0.4, -0.2) is 49.4 Å². The highest BCUT2D eigenvalue weighted by molar-refractivity contribution is 4.93. The van der Waals surface area contributed by atoms with Gasteiger partial charge in [0.05, 0.1) is 6.61 Å². The summed E-state index contributed by atoms with van der Waals surface area (Å²) in [5.74, 6) is 0. The minimum absolute atomic E-state index is 0.0167. The largest absolute Gasteiger partial charge is 0.394 e. The first kappa shape index (κ1) is 13.0. The second-order valence-electron chi connectivity index (χ2n) is 4.18. The van der Waals surface area contributed by atoms with E-state index in [-0.39, 0.29) is 5.49 Å². The van der Waals surface area contributed by atoms with E-state index in [4.69, 9.17) is 15.3 Å². The lowest BCUT2D eigenvalue weighted by Gasteiger charge is -2.18. The van der Waals surface area contributed by atoms with Crippen molar-refractivity contribution in [3.63, 3.8) is 0 Å². The molecule has 0 spiro atoms. The molecule has 1 fully saturated rings. The SMILES string of the molecule is Cn1c(=N)ccn([C@@H]2O[C@@H](CO)[C@@H](O)[C@H]2O)c1=O. The van der Waals surface area contributed by atoms with Crippen LogP contribution in [0.2, 0.25) is 0 Å². The van der Waals surface area contributed by atoms with Gasteiger partial charge in [-0.05, 0) is 6.07 Å². The highest BCUT2D eigenvalue weighted by Gasteiger charge is 2.43. The number of nitrogens with zero attached hydrogens (tertiary/aromatic N) is 2. The fourth-order valence-electron chi connectivity index (χ4n) is 1.91. The normalized spacial score (nSPS) is 31.8. The molecule has 100 valence electrons. The van der Waals surface area contributed by atoms with E-state index in [0.717, 1.165) is 9.13 Å². The smallest absolute Gasteiger partial charge is 0.331 e. The van der Waals surface area contributed by atoms with E-state index in [1.54, 1.807) is 0 Å². The van der Waals surface area contributed by atoms with Gasteiger partial charge in [-0.15, -0.1) is 0 Å². The molecule has 8 nitrogen and oxygen atoms in total. The van der Waals surface area contributed by atoms with E-state index < -0.39 is 36.8 Å². The van der Waals surface area contributed by atoms with E-state index in [1.165, 1.54) is 19.3 Å². The Kier molecular flexibility index (Phi) is 3.35. The minimum Gasteiger partial charge on any atom is -0.394 e. The molecule has 0 radical (unpaired) electrons. The second kappa shape index (κ2) is 4.65. The molecule has 4 atom stereocenters. The Morgan fingerprint density at radius 3 is 2.67 bits per heavy atom. The Morgan fingerprint density at radius 1 is 1.44 bits per heavy atom. The van der Waals surface area contributed by atoms with Gasteiger partial charge >= 0.3 is 5.69 Å². The lowest BCUT2D eigenvalue weighted by Crippen LogP contribution is -2.41. The molecule has 1 aromatic rings. The van der Waals surface area contributed by atoms with Crippen molar-refractivity contribution in [2.24, 2.45) is 7.05 Å². The molecule has 1 aromatic heterocycles. The van der Waals surface area contributed by atoms with Crippen molar-refractivity contribution >= 4 is 0 Å². The van der Waals surface area contributed by atoms with Crippen LogP contribution >= 0.6 is 0 Å². The molecule has 1 saturated heterocycles. The predicted octanol–water partition coefficient (Wildman–Crippen LogP) is -2.72. The number of aromatic nitrogens is 2. The van der Waals surface area contributed by atoms with Crippen LogP contribution in [0.1, 0.15) is 6.23 Å². The standard InChI is InChI=1S/C10H15N3O5/c1-12-6(11)2-3-13(10(12)17)9-8(16)7(15)5(4-14)18-9/h2-3,5,7-9,11,14-16H,4H2,1H3/t5-,7+,8+,9+/m0/s1. The molecule has 2 heterocycles. The quantitative estimate of drug-likeness (QED) is 0.458. The molecule has 1 aliphatic heterocycles. The van der Waals surface area contributed by atoms with Crippen LogP contribution in [0.25, 0.3) is 0 Å². The van der Waals surface area contributed by atoms with E-state index in [2.05, 4.69) is 0 Å². The van der Waals surface area contributed by atoms with Crippen molar-refractivity contribution in [1.29, 1.82) is 5.41 Å². The topological polar surface area (TPSA) is 121 Å². The van der Waals surface area contributed by atoms with Gasteiger partial charge in [-0.1, -0.05) is 0 Å². The van der Waals surface area contributed by atoms with E-state index >= 15 is 0 Å². The highest BCUT2D eigenvalue weighted by atomic mass is 16.6. The summed E-state index contributed by atoms with van der Waals surface area (Å²) in [5, 5.41) is 35.8. The molecular formula is C10H15N3O5. The van der Waals surface area contributed by atoms with Crippen molar-refractivity contribution in [1.82, 2.24) is 9.13 Å². The number of hydrogen-bond acceptors (Lipinski definition) is 6. The fraction of sp³-hybridized carbons (Fsp3) is 0.600. The fourth-order valence-corrected chi connectivity index (χ4v) is 1.91. The Labute approximate surface area is 102 Å². The molecule has 0 amide bonds. The predicted molar refractivity (Wildman–Crippen MR) is 58.5 cm³/mol. The second-order valence-corrected chi connectivity index (χ2v) is 4.18. The Balaban J connectivity index is 2.42. The van der Waals surface area contributed by atoms with Crippen LogP contribution in [0, 0.1) is 5.41 Å². The van der Waals surface area contributed by atoms with Gasteiger partial charge in [-0.25, -0.2) is 4.79 Å². The first-order valence-electron chi connectivity index (χ1n) is 5.42. The van der Waals surface area contributed by atoms with Crippen LogP contribution in [0.5, 0.6) is 0 Å². The maximum Gasteiger partial charge on any atom is 0.331 e. The summed E-state index contributed by atoms with van der Waals surface area (Å²) < 4.78 is 7.40. The van der Waals surface area contributed by atoms with Gasteiger partial charge in [0.2, 0.25) is 0 Å². The zero-order chi connectivity index (χ0) is 13.4. The molecule has 0 bridgehead atoms. The van der Waals surface area contributed by atoms with Crippen molar-refractivity contribution in [2.75, 3.05) is 6.61 Å². The number of rotatable bonds is 2. The number of aliphatic hydroxyl groups excluding tert-OH is 3. The highest BCUT2D eigenvalue weighted by Crippen LogP contribution is 2.27. The third-order valence-electron chi connectivity index (χ3n) is 3.05. The Hall–Kier alpha value is -1.48. The lowest BCUT2D eigenvalue weighted by molar-refractivity contribution is -0.0555. The molecule has 2 rings (SSSR count). The van der Waals surface area contributed by atoms with Crippen molar-refractivity contribution in [3.05, 3.63) is 28.2 Å². The average Bonchev–Trinajstić information content (AvgIpc) is 2.64. The average molecular weight is 257 g/mol.